The van der Waals surface area contributed by atoms with E-state index in [2.05, 4.69) is 9.97 Å². The van der Waals surface area contributed by atoms with Crippen LogP contribution in [0.15, 0.2) is 29.3 Å². The van der Waals surface area contributed by atoms with Gasteiger partial charge in [-0.2, -0.15) is 0 Å². The number of aromatic amines is 1. The van der Waals surface area contributed by atoms with Crippen LogP contribution < -0.4 is 10.3 Å². The number of benzene rings is 1. The van der Waals surface area contributed by atoms with Crippen LogP contribution in [0.5, 0.6) is 5.75 Å². The summed E-state index contributed by atoms with van der Waals surface area (Å²) in [5.74, 6) is 0.730. The van der Waals surface area contributed by atoms with Gasteiger partial charge in [0.15, 0.2) is 0 Å². The van der Waals surface area contributed by atoms with Crippen molar-refractivity contribution >= 4 is 0 Å². The van der Waals surface area contributed by atoms with Gasteiger partial charge in [-0.25, -0.2) is 4.98 Å². The topological polar surface area (TPSA) is 55.0 Å². The molecule has 4 nitrogen and oxygen atoms in total. The lowest BCUT2D eigenvalue weighted by Gasteiger charge is -2.11. The molecule has 0 saturated heterocycles. The molecule has 0 aliphatic carbocycles. The quantitative estimate of drug-likeness (QED) is 0.901. The summed E-state index contributed by atoms with van der Waals surface area (Å²) >= 11 is 0. The number of aromatic nitrogens is 2. The highest BCUT2D eigenvalue weighted by Crippen LogP contribution is 2.30. The summed E-state index contributed by atoms with van der Waals surface area (Å²) in [5.41, 5.74) is 3.25. The van der Waals surface area contributed by atoms with Gasteiger partial charge in [0, 0.05) is 11.1 Å². The molecular formula is C14H16N2O2. The normalized spacial score (nSPS) is 10.4. The predicted molar refractivity (Wildman–Crippen MR) is 71.0 cm³/mol. The molecule has 0 spiro atoms. The van der Waals surface area contributed by atoms with E-state index in [1.165, 1.54) is 6.33 Å². The molecule has 18 heavy (non-hydrogen) atoms. The second kappa shape index (κ2) is 5.04. The van der Waals surface area contributed by atoms with Gasteiger partial charge >= 0.3 is 0 Å². The first-order valence-electron chi connectivity index (χ1n) is 5.89. The zero-order valence-electron chi connectivity index (χ0n) is 10.8. The number of ether oxygens (including phenoxy) is 1. The zero-order valence-corrected chi connectivity index (χ0v) is 10.8. The molecule has 0 radical (unpaired) electrons. The van der Waals surface area contributed by atoms with Gasteiger partial charge in [0.05, 0.1) is 19.1 Å². The first-order valence-corrected chi connectivity index (χ1v) is 5.89. The van der Waals surface area contributed by atoms with Crippen LogP contribution >= 0.6 is 0 Å². The van der Waals surface area contributed by atoms with Crippen LogP contribution in [0.3, 0.4) is 0 Å². The van der Waals surface area contributed by atoms with E-state index in [1.807, 2.05) is 32.0 Å². The van der Waals surface area contributed by atoms with Crippen molar-refractivity contribution in [3.63, 3.8) is 0 Å². The Bertz CT molecular complexity index is 617. The number of nitrogens with zero attached hydrogens (tertiary/aromatic N) is 1. The van der Waals surface area contributed by atoms with Crippen LogP contribution in [0.1, 0.15) is 18.1 Å². The first kappa shape index (κ1) is 12.4. The third-order valence-electron chi connectivity index (χ3n) is 2.91. The fourth-order valence-electron chi connectivity index (χ4n) is 2.00. The van der Waals surface area contributed by atoms with Gasteiger partial charge in [0.1, 0.15) is 5.75 Å². The molecule has 1 aromatic heterocycles. The highest BCUT2D eigenvalue weighted by molar-refractivity contribution is 5.70. The van der Waals surface area contributed by atoms with Gasteiger partial charge < -0.3 is 9.72 Å². The van der Waals surface area contributed by atoms with E-state index < -0.39 is 0 Å². The van der Waals surface area contributed by atoms with E-state index in [-0.39, 0.29) is 5.56 Å². The molecule has 0 unspecified atom stereocenters. The Morgan fingerprint density at radius 3 is 2.83 bits per heavy atom. The van der Waals surface area contributed by atoms with Gasteiger partial charge in [-0.15, -0.1) is 0 Å². The van der Waals surface area contributed by atoms with Gasteiger partial charge in [0.25, 0.3) is 5.56 Å². The van der Waals surface area contributed by atoms with E-state index in [1.54, 1.807) is 7.11 Å². The summed E-state index contributed by atoms with van der Waals surface area (Å²) in [6.45, 7) is 3.94. The highest BCUT2D eigenvalue weighted by Gasteiger charge is 2.13. The molecule has 0 saturated carbocycles. The van der Waals surface area contributed by atoms with E-state index in [0.29, 0.717) is 17.7 Å². The number of nitrogens with one attached hydrogen (secondary N) is 1. The van der Waals surface area contributed by atoms with Crippen molar-refractivity contribution in [1.29, 1.82) is 0 Å². The maximum Gasteiger partial charge on any atom is 0.254 e. The lowest BCUT2D eigenvalue weighted by atomic mass is 10.0. The summed E-state index contributed by atoms with van der Waals surface area (Å²) in [6.07, 6.45) is 2.06. The Morgan fingerprint density at radius 1 is 1.39 bits per heavy atom. The smallest absolute Gasteiger partial charge is 0.254 e. The molecule has 0 atom stereocenters. The molecule has 2 rings (SSSR count). The molecule has 2 aromatic rings. The van der Waals surface area contributed by atoms with Crippen LogP contribution in [-0.2, 0) is 6.42 Å². The minimum Gasteiger partial charge on any atom is -0.496 e. The fourth-order valence-corrected chi connectivity index (χ4v) is 2.00. The zero-order chi connectivity index (χ0) is 13.1. The third-order valence-corrected chi connectivity index (χ3v) is 2.91. The van der Waals surface area contributed by atoms with Gasteiger partial charge in [-0.1, -0.05) is 18.6 Å². The number of methoxy groups -OCH3 is 1. The number of hydrogen-bond donors (Lipinski definition) is 1. The van der Waals surface area contributed by atoms with Crippen molar-refractivity contribution in [2.24, 2.45) is 0 Å². The molecule has 0 bridgehead atoms. The van der Waals surface area contributed by atoms with Crippen molar-refractivity contribution in [2.75, 3.05) is 7.11 Å². The number of hydrogen-bond acceptors (Lipinski definition) is 3. The second-order valence-electron chi connectivity index (χ2n) is 4.12. The fraction of sp³-hybridized carbons (Fsp3) is 0.286. The van der Waals surface area contributed by atoms with Crippen molar-refractivity contribution in [1.82, 2.24) is 9.97 Å². The average Bonchev–Trinajstić information content (AvgIpc) is 2.38. The lowest BCUT2D eigenvalue weighted by Crippen LogP contribution is -2.14. The predicted octanol–water partition coefficient (Wildman–Crippen LogP) is 2.32. The van der Waals surface area contributed by atoms with Gasteiger partial charge in [-0.05, 0) is 25.5 Å². The maximum absolute atomic E-state index is 11.8. The van der Waals surface area contributed by atoms with Gasteiger partial charge in [-0.3, -0.25) is 4.79 Å². The number of H-pyrrole nitrogens is 1. The summed E-state index contributed by atoms with van der Waals surface area (Å²) in [6, 6.07) is 5.86. The van der Waals surface area contributed by atoms with Crippen LogP contribution in [0.2, 0.25) is 0 Å². The van der Waals surface area contributed by atoms with E-state index in [9.17, 15) is 4.79 Å². The Balaban J connectivity index is 2.72. The molecule has 1 heterocycles. The standard InChI is InChI=1S/C14H16N2O2/c1-4-10-13(15-8-16-14(10)17)11-7-9(2)5-6-12(11)18-3/h5-8H,4H2,1-3H3,(H,15,16,17). The molecule has 0 aliphatic rings. The van der Waals surface area contributed by atoms with Crippen LogP contribution in [-0.4, -0.2) is 17.1 Å². The van der Waals surface area contributed by atoms with E-state index in [0.717, 1.165) is 16.9 Å². The number of aryl methyl sites for hydroxylation is 1. The lowest BCUT2D eigenvalue weighted by molar-refractivity contribution is 0.416. The maximum atomic E-state index is 11.8. The van der Waals surface area contributed by atoms with Crippen LogP contribution in [0.4, 0.5) is 0 Å². The Morgan fingerprint density at radius 2 is 2.17 bits per heavy atom. The molecule has 1 aromatic carbocycles. The minimum absolute atomic E-state index is 0.0916. The SMILES string of the molecule is CCc1c(-c2cc(C)ccc2OC)nc[nH]c1=O. The van der Waals surface area contributed by atoms with Gasteiger partial charge in [0.2, 0.25) is 0 Å². The Hall–Kier alpha value is -2.10. The first-order chi connectivity index (χ1) is 8.67. The largest absolute Gasteiger partial charge is 0.496 e. The summed E-state index contributed by atoms with van der Waals surface area (Å²) in [7, 11) is 1.62. The Labute approximate surface area is 106 Å². The van der Waals surface area contributed by atoms with Crippen molar-refractivity contribution in [2.45, 2.75) is 20.3 Å². The minimum atomic E-state index is -0.0916. The Kier molecular flexibility index (Phi) is 3.46. The average molecular weight is 244 g/mol. The van der Waals surface area contributed by atoms with Crippen molar-refractivity contribution < 1.29 is 4.74 Å². The molecular weight excluding hydrogens is 228 g/mol. The summed E-state index contributed by atoms with van der Waals surface area (Å²) in [4.78, 5) is 18.7. The molecule has 0 aliphatic heterocycles. The van der Waals surface area contributed by atoms with Crippen molar-refractivity contribution in [3.8, 4) is 17.0 Å². The van der Waals surface area contributed by atoms with Crippen molar-refractivity contribution in [3.05, 3.63) is 46.0 Å². The van der Waals surface area contributed by atoms with Crippen LogP contribution in [0, 0.1) is 6.92 Å². The highest BCUT2D eigenvalue weighted by atomic mass is 16.5. The molecule has 1 N–H and O–H groups in total. The summed E-state index contributed by atoms with van der Waals surface area (Å²) in [5, 5.41) is 0. The van der Waals surface area contributed by atoms with E-state index in [4.69, 9.17) is 4.74 Å². The monoisotopic (exact) mass is 244 g/mol. The van der Waals surface area contributed by atoms with E-state index >= 15 is 0 Å². The number of rotatable bonds is 3. The molecule has 0 amide bonds. The molecule has 0 fully saturated rings. The molecule has 94 valence electrons. The molecule has 4 heteroatoms. The van der Waals surface area contributed by atoms with Crippen LogP contribution in [0.25, 0.3) is 11.3 Å². The third kappa shape index (κ3) is 2.14. The summed E-state index contributed by atoms with van der Waals surface area (Å²) < 4.78 is 5.34. The second-order valence-corrected chi connectivity index (χ2v) is 4.12.